The van der Waals surface area contributed by atoms with Crippen molar-refractivity contribution < 1.29 is 124 Å². The van der Waals surface area contributed by atoms with Crippen LogP contribution in [0.4, 0.5) is 0 Å². The van der Waals surface area contributed by atoms with Gasteiger partial charge in [0.15, 0.2) is 25.2 Å². The van der Waals surface area contributed by atoms with E-state index in [9.17, 15) is 81.1 Å². The van der Waals surface area contributed by atoms with Gasteiger partial charge >= 0.3 is 0 Å². The Morgan fingerprint density at radius 2 is 0.836 bits per heavy atom. The van der Waals surface area contributed by atoms with Crippen molar-refractivity contribution in [1.82, 2.24) is 10.6 Å². The Morgan fingerprint density at radius 1 is 0.443 bits per heavy atom. The van der Waals surface area contributed by atoms with Gasteiger partial charge in [0.2, 0.25) is 11.8 Å². The number of rotatable bonds is 15. The van der Waals surface area contributed by atoms with Crippen molar-refractivity contribution in [2.75, 3.05) is 39.6 Å². The maximum Gasteiger partial charge on any atom is 0.217 e. The van der Waals surface area contributed by atoms with E-state index < -0.39 is 192 Å². The third-order valence-electron chi connectivity index (χ3n) is 11.1. The highest BCUT2D eigenvalue weighted by molar-refractivity contribution is 5.73. The first-order chi connectivity index (χ1) is 28.9. The van der Waals surface area contributed by atoms with Crippen molar-refractivity contribution in [1.29, 1.82) is 0 Å². The predicted molar refractivity (Wildman–Crippen MR) is 189 cm³/mol. The first-order valence-corrected chi connectivity index (χ1v) is 19.5. The summed E-state index contributed by atoms with van der Waals surface area (Å²) in [6.45, 7) is -2.32. The average Bonchev–Trinajstić information content (AvgIpc) is 3.22. The second-order valence-corrected chi connectivity index (χ2v) is 15.3. The monoisotopic (exact) mass is 894 g/mol. The highest BCUT2D eigenvalue weighted by atomic mass is 16.8. The van der Waals surface area contributed by atoms with E-state index in [0.29, 0.717) is 0 Å². The van der Waals surface area contributed by atoms with Gasteiger partial charge in [0.25, 0.3) is 0 Å². The van der Waals surface area contributed by atoms with Crippen LogP contribution in [0.25, 0.3) is 0 Å². The molecule has 0 radical (unpaired) electrons. The molecular formula is C34H58N2O25. The number of hydrogen-bond donors (Lipinski definition) is 16. The third-order valence-corrected chi connectivity index (χ3v) is 11.1. The molecule has 24 atom stereocenters. The molecule has 5 rings (SSSR count). The largest absolute Gasteiger partial charge is 0.394 e. The number of ether oxygens (including phenoxy) is 9. The molecule has 5 aliphatic heterocycles. The summed E-state index contributed by atoms with van der Waals surface area (Å²) >= 11 is 0. The topological polar surface area (TPSA) is 424 Å². The van der Waals surface area contributed by atoms with Crippen molar-refractivity contribution in [2.24, 2.45) is 0 Å². The van der Waals surface area contributed by atoms with Crippen LogP contribution in [0.2, 0.25) is 0 Å². The lowest BCUT2D eigenvalue weighted by atomic mass is 9.94. The quantitative estimate of drug-likeness (QED) is 0.0726. The molecule has 5 aliphatic rings. The van der Waals surface area contributed by atoms with E-state index in [0.717, 1.165) is 6.92 Å². The first-order valence-electron chi connectivity index (χ1n) is 19.5. The summed E-state index contributed by atoms with van der Waals surface area (Å²) in [7, 11) is 0. The van der Waals surface area contributed by atoms with Crippen molar-refractivity contribution in [3.63, 3.8) is 0 Å². The minimum absolute atomic E-state index is 0.214. The van der Waals surface area contributed by atoms with E-state index in [2.05, 4.69) is 10.6 Å². The summed E-state index contributed by atoms with van der Waals surface area (Å²) in [6, 6.07) is -2.60. The minimum Gasteiger partial charge on any atom is -0.394 e. The standard InChI is InChI=1S/C34H58N2O25/c1-9(42)35-11-8-53-15(6-40)27(18(11)44)58-31-17(36-10(2)43)22(48)28(16(7-41)57-31)59-33-25(51)30(21(47)13(4-38)55-33)61-34-26(52)29(20(46)14(5-39)56-34)60-32-24(50)23(49)19(45)12(3-37)54-32/h11-34,37-41,44-52H,3-8H2,1-2H3,(H,35,42)(H,36,43)/t11-,12+,13+,14+,15+,16+,17+,18+,19+,20+,21+,22+,23-,24-,25-,26-,27+,28+,29-,30-,31-,32+,33+,34+/m0/s1. The number of aliphatic hydroxyl groups is 14. The Kier molecular flexibility index (Phi) is 17.9. The number of aliphatic hydroxyl groups excluding tert-OH is 14. The molecule has 2 amide bonds. The third kappa shape index (κ3) is 10.9. The number of amides is 2. The van der Waals surface area contributed by atoms with Crippen molar-refractivity contribution >= 4 is 11.8 Å². The van der Waals surface area contributed by atoms with E-state index in [1.165, 1.54) is 6.92 Å². The second kappa shape index (κ2) is 21.8. The zero-order valence-electron chi connectivity index (χ0n) is 32.9. The summed E-state index contributed by atoms with van der Waals surface area (Å²) in [4.78, 5) is 24.1. The number of carbonyl (C=O) groups excluding carboxylic acids is 2. The fourth-order valence-corrected chi connectivity index (χ4v) is 7.77. The molecule has 5 heterocycles. The normalized spacial score (nSPS) is 48.3. The minimum atomic E-state index is -2.14. The van der Waals surface area contributed by atoms with Gasteiger partial charge in [0, 0.05) is 13.8 Å². The fourth-order valence-electron chi connectivity index (χ4n) is 7.77. The highest BCUT2D eigenvalue weighted by Gasteiger charge is 2.56. The van der Waals surface area contributed by atoms with Gasteiger partial charge in [-0.2, -0.15) is 0 Å². The number of hydrogen-bond acceptors (Lipinski definition) is 25. The Morgan fingerprint density at radius 3 is 1.30 bits per heavy atom. The summed E-state index contributed by atoms with van der Waals surface area (Å²) in [5.41, 5.74) is 0. The molecule has 0 spiro atoms. The molecule has 27 heteroatoms. The smallest absolute Gasteiger partial charge is 0.217 e. The molecule has 5 fully saturated rings. The van der Waals surface area contributed by atoms with Gasteiger partial charge in [-0.25, -0.2) is 0 Å². The Bertz CT molecular complexity index is 1410. The maximum absolute atomic E-state index is 12.4. The molecule has 0 aromatic heterocycles. The zero-order chi connectivity index (χ0) is 45.0. The van der Waals surface area contributed by atoms with Crippen LogP contribution in [0.1, 0.15) is 13.8 Å². The number of nitrogens with one attached hydrogen (secondary N) is 2. The van der Waals surface area contributed by atoms with Crippen LogP contribution in [-0.4, -0.2) is 270 Å². The van der Waals surface area contributed by atoms with Crippen LogP contribution in [0.3, 0.4) is 0 Å². The van der Waals surface area contributed by atoms with Gasteiger partial charge in [0.05, 0.1) is 45.7 Å². The van der Waals surface area contributed by atoms with Crippen molar-refractivity contribution in [2.45, 2.75) is 161 Å². The molecule has 16 N–H and O–H groups in total. The van der Waals surface area contributed by atoms with E-state index >= 15 is 0 Å². The van der Waals surface area contributed by atoms with Gasteiger partial charge in [-0.05, 0) is 0 Å². The second-order valence-electron chi connectivity index (χ2n) is 15.3. The Labute approximate surface area is 346 Å². The first kappa shape index (κ1) is 50.0. The zero-order valence-corrected chi connectivity index (χ0v) is 32.9. The molecule has 354 valence electrons. The van der Waals surface area contributed by atoms with Gasteiger partial charge < -0.3 is 125 Å². The molecule has 0 saturated carbocycles. The Hall–Kier alpha value is -1.98. The summed E-state index contributed by atoms with van der Waals surface area (Å²) < 4.78 is 51.0. The molecular weight excluding hydrogens is 836 g/mol. The summed E-state index contributed by atoms with van der Waals surface area (Å²) in [5.74, 6) is -1.26. The highest BCUT2D eigenvalue weighted by Crippen LogP contribution is 2.35. The SMILES string of the molecule is CC(=O)N[C@H]1[C@H](O[C@H]2[C@H](O)[C@@H](NC(C)=O)CO[C@@H]2CO)O[C@H](CO)[C@@H](O[C@H]2O[C@H](CO)[C@@H](O)[C@H](O[C@H]3O[C@H](CO)[C@@H](O)[C@H](O[C@H]4O[C@H](CO)[C@@H](O)[C@H](O)[C@@H]4O)[C@@H]3O)[C@@H]2O)[C@@H]1O. The van der Waals surface area contributed by atoms with Gasteiger partial charge in [-0.1, -0.05) is 0 Å². The van der Waals surface area contributed by atoms with E-state index in [1.807, 2.05) is 0 Å². The summed E-state index contributed by atoms with van der Waals surface area (Å²) in [6.07, 6.45) is -39.4. The summed E-state index contributed by atoms with van der Waals surface area (Å²) in [5, 5.41) is 153. The van der Waals surface area contributed by atoms with Crippen LogP contribution < -0.4 is 10.6 Å². The molecule has 0 aliphatic carbocycles. The van der Waals surface area contributed by atoms with Crippen LogP contribution in [-0.2, 0) is 52.2 Å². The van der Waals surface area contributed by atoms with Crippen LogP contribution >= 0.6 is 0 Å². The lowest BCUT2D eigenvalue weighted by Gasteiger charge is -2.50. The maximum atomic E-state index is 12.4. The van der Waals surface area contributed by atoms with Gasteiger partial charge in [-0.3, -0.25) is 9.59 Å². The van der Waals surface area contributed by atoms with Gasteiger partial charge in [-0.15, -0.1) is 0 Å². The van der Waals surface area contributed by atoms with Crippen LogP contribution in [0.5, 0.6) is 0 Å². The number of carbonyl (C=O) groups is 2. The molecule has 0 unspecified atom stereocenters. The molecule has 27 nitrogen and oxygen atoms in total. The lowest BCUT2D eigenvalue weighted by molar-refractivity contribution is -0.389. The van der Waals surface area contributed by atoms with Crippen LogP contribution in [0.15, 0.2) is 0 Å². The average molecular weight is 895 g/mol. The molecule has 0 aromatic carbocycles. The molecule has 0 aromatic rings. The molecule has 5 saturated heterocycles. The van der Waals surface area contributed by atoms with Crippen LogP contribution in [0, 0.1) is 0 Å². The van der Waals surface area contributed by atoms with E-state index in [-0.39, 0.29) is 6.61 Å². The fraction of sp³-hybridized carbons (Fsp3) is 0.941. The predicted octanol–water partition coefficient (Wildman–Crippen LogP) is -11.0. The molecule has 0 bridgehead atoms. The molecule has 61 heavy (non-hydrogen) atoms. The Balaban J connectivity index is 1.35. The van der Waals surface area contributed by atoms with Crippen molar-refractivity contribution in [3.8, 4) is 0 Å². The van der Waals surface area contributed by atoms with Gasteiger partial charge in [0.1, 0.15) is 116 Å². The van der Waals surface area contributed by atoms with E-state index in [4.69, 9.17) is 42.6 Å². The van der Waals surface area contributed by atoms with E-state index in [1.54, 1.807) is 0 Å². The lowest BCUT2D eigenvalue weighted by Crippen LogP contribution is -2.70. The van der Waals surface area contributed by atoms with Crippen molar-refractivity contribution in [3.05, 3.63) is 0 Å².